The summed E-state index contributed by atoms with van der Waals surface area (Å²) in [5, 5.41) is 35.3. The average molecular weight is 323 g/mol. The predicted molar refractivity (Wildman–Crippen MR) is 66.0 cm³/mol. The van der Waals surface area contributed by atoms with Crippen molar-refractivity contribution in [1.29, 1.82) is 0 Å². The summed E-state index contributed by atoms with van der Waals surface area (Å²) in [6.07, 6.45) is 2.62. The van der Waals surface area contributed by atoms with Gasteiger partial charge in [-0.3, -0.25) is 0 Å². The van der Waals surface area contributed by atoms with Crippen molar-refractivity contribution in [2.75, 3.05) is 0 Å². The molecular formula is C12H16O7V+2. The van der Waals surface area contributed by atoms with Crippen LogP contribution in [-0.2, 0) is 18.6 Å². The maximum absolute atomic E-state index is 8.86. The van der Waals surface area contributed by atoms with Crippen LogP contribution in [0.25, 0.3) is 0 Å². The van der Waals surface area contributed by atoms with Crippen molar-refractivity contribution in [2.24, 2.45) is 0 Å². The standard InChI is InChI=1S/2C6H6O3.H2O.V/c2*1-4-6(8)5(7)2-3-9-4;;/h2*2-3H,1H3,(H-,7,8);1H2;/p+2. The fourth-order valence-corrected chi connectivity index (χ4v) is 1.03. The zero-order valence-electron chi connectivity index (χ0n) is 10.9. The molecule has 8 heteroatoms. The molecule has 20 heavy (non-hydrogen) atoms. The van der Waals surface area contributed by atoms with E-state index in [0.29, 0.717) is 11.5 Å². The van der Waals surface area contributed by atoms with Gasteiger partial charge in [-0.2, -0.15) is 0 Å². The first-order valence-corrected chi connectivity index (χ1v) is 5.02. The van der Waals surface area contributed by atoms with Crippen molar-refractivity contribution in [1.82, 2.24) is 0 Å². The second-order valence-electron chi connectivity index (χ2n) is 3.42. The van der Waals surface area contributed by atoms with E-state index < -0.39 is 0 Å². The molecule has 2 aromatic rings. The third-order valence-electron chi connectivity index (χ3n) is 2.09. The van der Waals surface area contributed by atoms with E-state index in [9.17, 15) is 0 Å². The summed E-state index contributed by atoms with van der Waals surface area (Å²) < 4.78 is 9.46. The third-order valence-corrected chi connectivity index (χ3v) is 2.09. The van der Waals surface area contributed by atoms with Crippen molar-refractivity contribution in [3.8, 4) is 23.0 Å². The molecule has 0 aromatic carbocycles. The normalized spacial score (nSPS) is 8.50. The Morgan fingerprint density at radius 3 is 1.25 bits per heavy atom. The fourth-order valence-electron chi connectivity index (χ4n) is 1.03. The smallest absolute Gasteiger partial charge is 0.371 e. The monoisotopic (exact) mass is 323 g/mol. The van der Waals surface area contributed by atoms with Crippen LogP contribution in [0.4, 0.5) is 0 Å². The number of aryl methyl sites for hydroxylation is 2. The SMILES string of the molecule is Cc1[o+]ccc(O)c1O.Cc1[o+]ccc(O)c1O.O.[V]. The molecule has 0 aliphatic rings. The molecule has 7 nitrogen and oxygen atoms in total. The van der Waals surface area contributed by atoms with Crippen LogP contribution >= 0.6 is 0 Å². The van der Waals surface area contributed by atoms with E-state index in [1.54, 1.807) is 13.8 Å². The van der Waals surface area contributed by atoms with E-state index in [1.165, 1.54) is 24.7 Å². The molecule has 109 valence electrons. The molecule has 0 aliphatic carbocycles. The molecule has 2 aromatic heterocycles. The van der Waals surface area contributed by atoms with Gasteiger partial charge in [-0.25, -0.2) is 8.83 Å². The van der Waals surface area contributed by atoms with Gasteiger partial charge >= 0.3 is 24.0 Å². The third kappa shape index (κ3) is 5.35. The number of hydrogen-bond donors (Lipinski definition) is 4. The minimum absolute atomic E-state index is 0. The predicted octanol–water partition coefficient (Wildman–Crippen LogP) is 1.73. The van der Waals surface area contributed by atoms with Crippen molar-refractivity contribution in [3.63, 3.8) is 0 Å². The van der Waals surface area contributed by atoms with Crippen molar-refractivity contribution in [2.45, 2.75) is 13.8 Å². The van der Waals surface area contributed by atoms with Crippen molar-refractivity contribution < 1.29 is 53.3 Å². The van der Waals surface area contributed by atoms with Crippen LogP contribution in [-0.4, -0.2) is 25.9 Å². The molecule has 0 unspecified atom stereocenters. The Morgan fingerprint density at radius 1 is 0.750 bits per heavy atom. The molecule has 0 amide bonds. The Morgan fingerprint density at radius 2 is 1.05 bits per heavy atom. The van der Waals surface area contributed by atoms with Gasteiger partial charge in [0.1, 0.15) is 0 Å². The maximum Gasteiger partial charge on any atom is 0.371 e. The van der Waals surface area contributed by atoms with Gasteiger partial charge in [-0.1, -0.05) is 0 Å². The summed E-state index contributed by atoms with van der Waals surface area (Å²) in [6.45, 7) is 3.13. The second-order valence-corrected chi connectivity index (χ2v) is 3.42. The molecule has 1 radical (unpaired) electrons. The van der Waals surface area contributed by atoms with Crippen molar-refractivity contribution >= 4 is 0 Å². The maximum atomic E-state index is 8.86. The Kier molecular flexibility index (Phi) is 9.19. The summed E-state index contributed by atoms with van der Waals surface area (Å²) in [6, 6.07) is 2.56. The van der Waals surface area contributed by atoms with Gasteiger partial charge in [-0.05, 0) is 0 Å². The van der Waals surface area contributed by atoms with Gasteiger partial charge in [0, 0.05) is 18.6 Å². The zero-order chi connectivity index (χ0) is 13.7. The quantitative estimate of drug-likeness (QED) is 0.545. The van der Waals surface area contributed by atoms with E-state index in [4.69, 9.17) is 29.3 Å². The van der Waals surface area contributed by atoms with E-state index in [2.05, 4.69) is 0 Å². The van der Waals surface area contributed by atoms with Gasteiger partial charge in [0.25, 0.3) is 11.5 Å². The van der Waals surface area contributed by atoms with Crippen LogP contribution < -0.4 is 0 Å². The summed E-state index contributed by atoms with van der Waals surface area (Å²) in [4.78, 5) is 0. The summed E-state index contributed by atoms with van der Waals surface area (Å²) in [5.41, 5.74) is 0. The molecule has 0 atom stereocenters. The molecule has 2 rings (SSSR count). The molecule has 0 saturated heterocycles. The molecule has 2 heterocycles. The van der Waals surface area contributed by atoms with Crippen LogP contribution in [0.1, 0.15) is 11.5 Å². The molecule has 6 N–H and O–H groups in total. The van der Waals surface area contributed by atoms with E-state index in [-0.39, 0.29) is 47.0 Å². The van der Waals surface area contributed by atoms with Crippen LogP contribution in [0.3, 0.4) is 0 Å². The Bertz CT molecular complexity index is 455. The minimum atomic E-state index is -0.197. The molecular weight excluding hydrogens is 307 g/mol. The number of hydrogen-bond acceptors (Lipinski definition) is 4. The second kappa shape index (κ2) is 9.03. The Hall–Kier alpha value is -1.96. The van der Waals surface area contributed by atoms with Crippen LogP contribution in [0.15, 0.2) is 33.5 Å². The van der Waals surface area contributed by atoms with Gasteiger partial charge < -0.3 is 25.9 Å². The number of rotatable bonds is 0. The first-order valence-electron chi connectivity index (χ1n) is 5.02. The van der Waals surface area contributed by atoms with Crippen LogP contribution in [0, 0.1) is 13.8 Å². The van der Waals surface area contributed by atoms with E-state index >= 15 is 0 Å². The van der Waals surface area contributed by atoms with Crippen LogP contribution in [0.5, 0.6) is 23.0 Å². The van der Waals surface area contributed by atoms with Gasteiger partial charge in [0.15, 0.2) is 11.5 Å². The van der Waals surface area contributed by atoms with Crippen LogP contribution in [0.2, 0.25) is 0 Å². The Labute approximate surface area is 126 Å². The molecule has 0 fully saturated rings. The molecule has 0 spiro atoms. The Balaban J connectivity index is 0. The average Bonchev–Trinajstić information content (AvgIpc) is 2.34. The minimum Gasteiger partial charge on any atom is -0.504 e. The molecule has 0 saturated carbocycles. The van der Waals surface area contributed by atoms with E-state index in [0.717, 1.165) is 0 Å². The zero-order valence-corrected chi connectivity index (χ0v) is 12.3. The van der Waals surface area contributed by atoms with Gasteiger partial charge in [0.2, 0.25) is 0 Å². The molecule has 0 aliphatic heterocycles. The fraction of sp³-hybridized carbons (Fsp3) is 0.167. The topological polar surface area (TPSA) is 135 Å². The summed E-state index contributed by atoms with van der Waals surface area (Å²) >= 11 is 0. The summed E-state index contributed by atoms with van der Waals surface area (Å²) in [7, 11) is 0. The van der Waals surface area contributed by atoms with Gasteiger partial charge in [-0.15, -0.1) is 0 Å². The van der Waals surface area contributed by atoms with Gasteiger partial charge in [0.05, 0.1) is 26.0 Å². The summed E-state index contributed by atoms with van der Waals surface area (Å²) in [5.74, 6) is -0.0718. The molecule has 0 bridgehead atoms. The largest absolute Gasteiger partial charge is 0.504 e. The van der Waals surface area contributed by atoms with Crippen molar-refractivity contribution in [3.05, 3.63) is 36.2 Å². The number of aromatic hydroxyl groups is 4. The van der Waals surface area contributed by atoms with E-state index in [1.807, 2.05) is 0 Å². The first-order chi connectivity index (χ1) is 8.43. The first kappa shape index (κ1) is 20.4.